The Labute approximate surface area is 110 Å². The highest BCUT2D eigenvalue weighted by Crippen LogP contribution is 2.24. The van der Waals surface area contributed by atoms with E-state index < -0.39 is 0 Å². The third-order valence-electron chi connectivity index (χ3n) is 2.85. The van der Waals surface area contributed by atoms with Crippen LogP contribution in [0.4, 0.5) is 11.5 Å². The van der Waals surface area contributed by atoms with Gasteiger partial charge in [0, 0.05) is 11.1 Å². The zero-order valence-electron chi connectivity index (χ0n) is 10.5. The van der Waals surface area contributed by atoms with Crippen molar-refractivity contribution in [1.29, 1.82) is 0 Å². The van der Waals surface area contributed by atoms with Gasteiger partial charge in [0.2, 0.25) is 0 Å². The molecule has 1 heterocycles. The van der Waals surface area contributed by atoms with Crippen molar-refractivity contribution in [2.24, 2.45) is 0 Å². The molecule has 0 aliphatic carbocycles. The predicted molar refractivity (Wildman–Crippen MR) is 75.7 cm³/mol. The molecule has 0 aliphatic rings. The van der Waals surface area contributed by atoms with E-state index in [-0.39, 0.29) is 5.75 Å². The smallest absolute Gasteiger partial charge is 0.142 e. The monoisotopic (exact) mass is 251 g/mol. The summed E-state index contributed by atoms with van der Waals surface area (Å²) in [6.07, 6.45) is 0. The van der Waals surface area contributed by atoms with Crippen LogP contribution in [0, 0.1) is 6.92 Å². The fourth-order valence-corrected chi connectivity index (χ4v) is 1.97. The molecule has 0 radical (unpaired) electrons. The molecule has 0 bridgehead atoms. The van der Waals surface area contributed by atoms with Crippen LogP contribution in [0.1, 0.15) is 5.82 Å². The Kier molecular flexibility index (Phi) is 2.76. The number of aromatic hydroxyl groups is 1. The van der Waals surface area contributed by atoms with E-state index >= 15 is 0 Å². The molecule has 0 aliphatic heterocycles. The van der Waals surface area contributed by atoms with Gasteiger partial charge in [0.1, 0.15) is 17.4 Å². The van der Waals surface area contributed by atoms with Crippen molar-refractivity contribution in [3.63, 3.8) is 0 Å². The molecule has 2 N–H and O–H groups in total. The number of hydrogen-bond acceptors (Lipinski definition) is 4. The van der Waals surface area contributed by atoms with E-state index in [4.69, 9.17) is 0 Å². The number of nitrogens with zero attached hydrogens (tertiary/aromatic N) is 2. The van der Waals surface area contributed by atoms with Gasteiger partial charge in [-0.3, -0.25) is 0 Å². The van der Waals surface area contributed by atoms with Gasteiger partial charge in [-0.15, -0.1) is 0 Å². The van der Waals surface area contributed by atoms with E-state index in [1.807, 2.05) is 43.3 Å². The fourth-order valence-electron chi connectivity index (χ4n) is 1.97. The van der Waals surface area contributed by atoms with Crippen LogP contribution in [0.5, 0.6) is 5.75 Å². The lowest BCUT2D eigenvalue weighted by atomic mass is 10.2. The first-order chi connectivity index (χ1) is 9.22. The van der Waals surface area contributed by atoms with E-state index in [0.717, 1.165) is 28.2 Å². The van der Waals surface area contributed by atoms with Gasteiger partial charge in [0.05, 0.1) is 5.52 Å². The summed E-state index contributed by atoms with van der Waals surface area (Å²) < 4.78 is 0. The van der Waals surface area contributed by atoms with E-state index in [0.29, 0.717) is 0 Å². The van der Waals surface area contributed by atoms with Crippen LogP contribution >= 0.6 is 0 Å². The Morgan fingerprint density at radius 3 is 2.47 bits per heavy atom. The van der Waals surface area contributed by atoms with E-state index in [1.54, 1.807) is 12.1 Å². The standard InChI is InChI=1S/C15H13N3O/c1-10-16-14-5-3-2-4-13(14)15(17-10)18-11-6-8-12(19)9-7-11/h2-9,19H,1H3,(H,16,17,18). The lowest BCUT2D eigenvalue weighted by Crippen LogP contribution is -1.98. The summed E-state index contributed by atoms with van der Waals surface area (Å²) in [7, 11) is 0. The summed E-state index contributed by atoms with van der Waals surface area (Å²) >= 11 is 0. The molecule has 0 saturated heterocycles. The zero-order valence-corrected chi connectivity index (χ0v) is 10.5. The maximum atomic E-state index is 9.29. The van der Waals surface area contributed by atoms with E-state index in [9.17, 15) is 5.11 Å². The number of para-hydroxylation sites is 1. The van der Waals surface area contributed by atoms with Crippen molar-refractivity contribution < 1.29 is 5.11 Å². The zero-order chi connectivity index (χ0) is 13.2. The Morgan fingerprint density at radius 1 is 0.947 bits per heavy atom. The van der Waals surface area contributed by atoms with Crippen molar-refractivity contribution in [3.8, 4) is 5.75 Å². The molecule has 0 atom stereocenters. The molecular formula is C15H13N3O. The second-order valence-electron chi connectivity index (χ2n) is 4.31. The highest BCUT2D eigenvalue weighted by atomic mass is 16.3. The van der Waals surface area contributed by atoms with Crippen molar-refractivity contribution in [1.82, 2.24) is 9.97 Å². The van der Waals surface area contributed by atoms with Gasteiger partial charge in [-0.1, -0.05) is 12.1 Å². The SMILES string of the molecule is Cc1nc(Nc2ccc(O)cc2)c2ccccc2n1. The van der Waals surface area contributed by atoms with Crippen molar-refractivity contribution >= 4 is 22.4 Å². The van der Waals surface area contributed by atoms with Crippen LogP contribution in [0.3, 0.4) is 0 Å². The molecule has 1 aromatic heterocycles. The van der Waals surface area contributed by atoms with Crippen LogP contribution in [0.2, 0.25) is 0 Å². The number of nitrogens with one attached hydrogen (secondary N) is 1. The summed E-state index contributed by atoms with van der Waals surface area (Å²) in [4.78, 5) is 8.84. The number of fused-ring (bicyclic) bond motifs is 1. The minimum absolute atomic E-state index is 0.245. The van der Waals surface area contributed by atoms with Gasteiger partial charge in [-0.25, -0.2) is 9.97 Å². The molecule has 4 heteroatoms. The number of aromatic nitrogens is 2. The van der Waals surface area contributed by atoms with Gasteiger partial charge < -0.3 is 10.4 Å². The minimum Gasteiger partial charge on any atom is -0.508 e. The Morgan fingerprint density at radius 2 is 1.68 bits per heavy atom. The summed E-state index contributed by atoms with van der Waals surface area (Å²) in [5.74, 6) is 1.74. The van der Waals surface area contributed by atoms with Crippen LogP contribution < -0.4 is 5.32 Å². The Balaban J connectivity index is 2.07. The lowest BCUT2D eigenvalue weighted by Gasteiger charge is -2.09. The van der Waals surface area contributed by atoms with Gasteiger partial charge in [0.25, 0.3) is 0 Å². The first-order valence-electron chi connectivity index (χ1n) is 6.02. The third kappa shape index (κ3) is 2.33. The van der Waals surface area contributed by atoms with Crippen LogP contribution in [0.15, 0.2) is 48.5 Å². The molecular weight excluding hydrogens is 238 g/mol. The van der Waals surface area contributed by atoms with Crippen LogP contribution in [-0.4, -0.2) is 15.1 Å². The number of phenolic OH excluding ortho intramolecular Hbond substituents is 1. The quantitative estimate of drug-likeness (QED) is 0.685. The fraction of sp³-hybridized carbons (Fsp3) is 0.0667. The van der Waals surface area contributed by atoms with Gasteiger partial charge in [-0.2, -0.15) is 0 Å². The molecule has 0 unspecified atom stereocenters. The Hall–Kier alpha value is -2.62. The summed E-state index contributed by atoms with van der Waals surface area (Å²) in [5, 5.41) is 13.5. The molecule has 0 amide bonds. The maximum Gasteiger partial charge on any atom is 0.142 e. The van der Waals surface area contributed by atoms with E-state index in [2.05, 4.69) is 15.3 Å². The predicted octanol–water partition coefficient (Wildman–Crippen LogP) is 3.39. The molecule has 2 aromatic carbocycles. The molecule has 0 fully saturated rings. The highest BCUT2D eigenvalue weighted by Gasteiger charge is 2.05. The molecule has 0 saturated carbocycles. The van der Waals surface area contributed by atoms with Crippen molar-refractivity contribution in [2.75, 3.05) is 5.32 Å². The normalized spacial score (nSPS) is 10.6. The largest absolute Gasteiger partial charge is 0.508 e. The first-order valence-corrected chi connectivity index (χ1v) is 6.02. The summed E-state index contributed by atoms with van der Waals surface area (Å²) in [6.45, 7) is 1.87. The second-order valence-corrected chi connectivity index (χ2v) is 4.31. The van der Waals surface area contributed by atoms with Gasteiger partial charge in [0.15, 0.2) is 0 Å². The van der Waals surface area contributed by atoms with Crippen LogP contribution in [0.25, 0.3) is 10.9 Å². The average molecular weight is 251 g/mol. The maximum absolute atomic E-state index is 9.29. The van der Waals surface area contributed by atoms with Gasteiger partial charge >= 0.3 is 0 Å². The third-order valence-corrected chi connectivity index (χ3v) is 2.85. The second kappa shape index (κ2) is 4.57. The van der Waals surface area contributed by atoms with Crippen molar-refractivity contribution in [2.45, 2.75) is 6.92 Å². The molecule has 94 valence electrons. The average Bonchev–Trinajstić information content (AvgIpc) is 2.41. The molecule has 4 nitrogen and oxygen atoms in total. The number of phenols is 1. The minimum atomic E-state index is 0.245. The first kappa shape index (κ1) is 11.5. The lowest BCUT2D eigenvalue weighted by molar-refractivity contribution is 0.475. The van der Waals surface area contributed by atoms with Crippen molar-refractivity contribution in [3.05, 3.63) is 54.4 Å². The number of rotatable bonds is 2. The van der Waals surface area contributed by atoms with E-state index in [1.165, 1.54) is 0 Å². The molecule has 0 spiro atoms. The number of aryl methyl sites for hydroxylation is 1. The summed E-state index contributed by atoms with van der Waals surface area (Å²) in [6, 6.07) is 14.8. The topological polar surface area (TPSA) is 58.0 Å². The number of benzene rings is 2. The number of hydrogen-bond donors (Lipinski definition) is 2. The highest BCUT2D eigenvalue weighted by molar-refractivity contribution is 5.90. The number of anilines is 2. The summed E-state index contributed by atoms with van der Waals surface area (Å²) in [5.41, 5.74) is 1.79. The molecule has 3 aromatic rings. The molecule has 19 heavy (non-hydrogen) atoms. The van der Waals surface area contributed by atoms with Gasteiger partial charge in [-0.05, 0) is 43.3 Å². The Bertz CT molecular complexity index is 723. The molecule has 3 rings (SSSR count). The van der Waals surface area contributed by atoms with Crippen LogP contribution in [-0.2, 0) is 0 Å².